The Balaban J connectivity index is 4.60. The second kappa shape index (κ2) is 86.0. The first-order valence-electron chi connectivity index (χ1n) is 44.1. The minimum absolute atomic E-state index is 0.0401. The maximum atomic E-state index is 13.0. The van der Waals surface area contributed by atoms with Crippen molar-refractivity contribution in [3.63, 3.8) is 0 Å². The first kappa shape index (κ1) is 108. The van der Waals surface area contributed by atoms with Gasteiger partial charge in [-0.15, -0.1) is 0 Å². The van der Waals surface area contributed by atoms with E-state index >= 15 is 0 Å². The molecule has 5 unspecified atom stereocenters. The molecule has 0 saturated heterocycles. The molecular formula is C95H158O16P2. The van der Waals surface area contributed by atoms with Crippen molar-refractivity contribution in [2.24, 2.45) is 0 Å². The molecule has 0 bridgehead atoms. The van der Waals surface area contributed by atoms with Crippen molar-refractivity contribution < 1.29 is 75.8 Å². The van der Waals surface area contributed by atoms with Crippen LogP contribution in [-0.4, -0.2) is 95.9 Å². The van der Waals surface area contributed by atoms with Crippen LogP contribution in [0.15, 0.2) is 182 Å². The highest BCUT2D eigenvalue weighted by Gasteiger charge is 2.29. The Morgan fingerprint density at radius 3 is 0.761 bits per heavy atom. The van der Waals surface area contributed by atoms with Crippen molar-refractivity contribution in [1.82, 2.24) is 0 Å². The van der Waals surface area contributed by atoms with E-state index in [4.69, 9.17) is 32.3 Å². The number of phosphoric acid groups is 2. The highest BCUT2D eigenvalue weighted by Crippen LogP contribution is 2.45. The number of rotatable bonds is 82. The molecule has 0 aliphatic carbocycles. The van der Waals surface area contributed by atoms with Crippen molar-refractivity contribution in [2.75, 3.05) is 39.6 Å². The van der Waals surface area contributed by atoms with Crippen LogP contribution in [-0.2, 0) is 55.8 Å². The minimum Gasteiger partial charge on any atom is -0.463 e. The van der Waals surface area contributed by atoms with Crippen LogP contribution in [0.5, 0.6) is 0 Å². The Labute approximate surface area is 687 Å². The third-order valence-electron chi connectivity index (χ3n) is 18.1. The van der Waals surface area contributed by atoms with Crippen molar-refractivity contribution in [3.05, 3.63) is 182 Å². The molecule has 113 heavy (non-hydrogen) atoms. The summed E-state index contributed by atoms with van der Waals surface area (Å²) in [6, 6.07) is 0. The molecule has 0 heterocycles. The summed E-state index contributed by atoms with van der Waals surface area (Å²) in [7, 11) is -9.83. The average Bonchev–Trinajstić information content (AvgIpc) is 0.898. The van der Waals surface area contributed by atoms with Gasteiger partial charge < -0.3 is 34.2 Å². The Bertz CT molecular complexity index is 2780. The van der Waals surface area contributed by atoms with E-state index in [0.717, 1.165) is 161 Å². The molecule has 0 spiro atoms. The molecule has 0 fully saturated rings. The van der Waals surface area contributed by atoms with E-state index in [1.165, 1.54) is 116 Å². The summed E-state index contributed by atoms with van der Waals surface area (Å²) in [4.78, 5) is 58.9. The van der Waals surface area contributed by atoms with Crippen LogP contribution in [0.4, 0.5) is 0 Å². The maximum absolute atomic E-state index is 13.0. The van der Waals surface area contributed by atoms with Crippen molar-refractivity contribution in [3.8, 4) is 0 Å². The van der Waals surface area contributed by atoms with Crippen molar-refractivity contribution in [1.29, 1.82) is 0 Å². The number of aliphatic hydroxyl groups is 2. The zero-order valence-electron chi connectivity index (χ0n) is 70.7. The Morgan fingerprint density at radius 1 is 0.257 bits per heavy atom. The van der Waals surface area contributed by atoms with Gasteiger partial charge in [-0.1, -0.05) is 344 Å². The molecule has 0 aliphatic heterocycles. The molecule has 644 valence electrons. The molecule has 0 aromatic heterocycles. The van der Waals surface area contributed by atoms with Gasteiger partial charge in [0.1, 0.15) is 25.4 Å². The number of carbonyl (C=O) groups excluding carboxylic acids is 3. The summed E-state index contributed by atoms with van der Waals surface area (Å²) in [5.74, 6) is -1.64. The normalized spacial score (nSPS) is 14.7. The molecular weight excluding hydrogens is 1460 g/mol. The van der Waals surface area contributed by atoms with Crippen LogP contribution in [0.3, 0.4) is 0 Å². The van der Waals surface area contributed by atoms with Gasteiger partial charge in [0, 0.05) is 19.3 Å². The number of ether oxygens (including phenoxy) is 3. The van der Waals surface area contributed by atoms with Gasteiger partial charge in [-0.3, -0.25) is 32.5 Å². The van der Waals surface area contributed by atoms with Gasteiger partial charge in [-0.2, -0.15) is 0 Å². The van der Waals surface area contributed by atoms with Gasteiger partial charge in [0.2, 0.25) is 0 Å². The smallest absolute Gasteiger partial charge is 0.463 e. The standard InChI is InChI=1S/C95H158O16P2/c1-4-7-10-13-16-19-22-25-28-31-34-37-39-40-41-42-43-44-45-46-47-48-50-53-54-57-60-63-66-69-72-75-78-81-93(98)105-84-90(96)85-107-112(101,102)108-86-91(97)87-109-113(103,104)110-89-92(111-95(100)83-80-77-74-71-68-65-62-59-56-51-36-33-30-27-24-21-18-15-12-9-6-3)88-106-94(99)82-79-76-73-70-67-64-61-58-55-52-49-38-35-32-29-26-23-20-17-14-11-8-5-2/h8-9,11-12,16-21,25-30,34-38,40-41,51-52,55,59,62,68,71,90-92,96-97H,4-7,10,13-15,22-24,31-33,39,42-50,53-54,56-58,60-61,63-67,69-70,72-89H2,1-3H3,(H,101,102)(H,103,104)/b11-8-,12-9-,19-16-,20-17-,21-18-,28-25-,29-26-,30-27-,37-34-,38-35-,41-40-,51-36-,55-52-,62-59-,71-68-. The fourth-order valence-corrected chi connectivity index (χ4v) is 13.1. The van der Waals surface area contributed by atoms with Crippen LogP contribution >= 0.6 is 15.6 Å². The predicted octanol–water partition coefficient (Wildman–Crippen LogP) is 26.9. The van der Waals surface area contributed by atoms with Crippen LogP contribution < -0.4 is 0 Å². The number of unbranched alkanes of at least 4 members (excludes halogenated alkanes) is 29. The summed E-state index contributed by atoms with van der Waals surface area (Å²) in [6.07, 6.45) is 112. The average molecular weight is 1620 g/mol. The molecule has 0 aromatic carbocycles. The van der Waals surface area contributed by atoms with Gasteiger partial charge >= 0.3 is 33.6 Å². The molecule has 0 aliphatic rings. The van der Waals surface area contributed by atoms with Crippen LogP contribution in [0.2, 0.25) is 0 Å². The van der Waals surface area contributed by atoms with Crippen molar-refractivity contribution in [2.45, 2.75) is 360 Å². The SMILES string of the molecule is CC/C=C\C/C=C\C/C=C\C/C=C\C/C=C\C/C=C\CCCCC(=O)OC(COC(=O)CCCCCCCCC/C=C\C/C=C\C/C=C\C/C=C\C/C=C\CC)COP(=O)(O)OCC(O)COP(=O)(O)OCC(O)COC(=O)CCCCCCCCCCCCCCCCCCC/C=C\C/C=C\C/C=C\C/C=C\CCCCC. The van der Waals surface area contributed by atoms with Gasteiger partial charge in [-0.05, 0) is 161 Å². The lowest BCUT2D eigenvalue weighted by Gasteiger charge is -2.21. The number of carbonyl (C=O) groups is 3. The summed E-state index contributed by atoms with van der Waals surface area (Å²) in [5, 5.41) is 20.7. The van der Waals surface area contributed by atoms with E-state index in [1.54, 1.807) is 0 Å². The number of esters is 3. The van der Waals surface area contributed by atoms with E-state index in [1.807, 2.05) is 0 Å². The van der Waals surface area contributed by atoms with E-state index in [-0.39, 0.29) is 19.3 Å². The molecule has 16 nitrogen and oxygen atoms in total. The monoisotopic (exact) mass is 1620 g/mol. The van der Waals surface area contributed by atoms with E-state index in [2.05, 4.69) is 203 Å². The highest BCUT2D eigenvalue weighted by molar-refractivity contribution is 7.47. The lowest BCUT2D eigenvalue weighted by Crippen LogP contribution is -2.30. The first-order chi connectivity index (χ1) is 55.2. The van der Waals surface area contributed by atoms with E-state index in [9.17, 15) is 43.5 Å². The number of hydrogen-bond acceptors (Lipinski definition) is 14. The summed E-state index contributed by atoms with van der Waals surface area (Å²) >= 11 is 0. The van der Waals surface area contributed by atoms with Gasteiger partial charge in [-0.25, -0.2) is 9.13 Å². The molecule has 0 amide bonds. The Kier molecular flexibility index (Phi) is 81.9. The Hall–Kier alpha value is -5.35. The zero-order chi connectivity index (χ0) is 82.2. The number of hydrogen-bond donors (Lipinski definition) is 4. The minimum atomic E-state index is -4.96. The predicted molar refractivity (Wildman–Crippen MR) is 472 cm³/mol. The maximum Gasteiger partial charge on any atom is 0.472 e. The van der Waals surface area contributed by atoms with Gasteiger partial charge in [0.15, 0.2) is 6.10 Å². The van der Waals surface area contributed by atoms with Crippen LogP contribution in [0, 0.1) is 0 Å². The molecule has 0 aromatic rings. The number of allylic oxidation sites excluding steroid dienone is 30. The summed E-state index contributed by atoms with van der Waals surface area (Å²) in [6.45, 7) is 2.37. The molecule has 0 saturated carbocycles. The third-order valence-corrected chi connectivity index (χ3v) is 20.0. The zero-order valence-corrected chi connectivity index (χ0v) is 72.5. The van der Waals surface area contributed by atoms with Crippen molar-refractivity contribution >= 4 is 33.6 Å². The highest BCUT2D eigenvalue weighted by atomic mass is 31.2. The van der Waals surface area contributed by atoms with Gasteiger partial charge in [0.25, 0.3) is 0 Å². The number of aliphatic hydroxyl groups excluding tert-OH is 2. The summed E-state index contributed by atoms with van der Waals surface area (Å²) in [5.41, 5.74) is 0. The number of phosphoric ester groups is 2. The molecule has 0 rings (SSSR count). The second-order valence-corrected chi connectivity index (χ2v) is 31.8. The second-order valence-electron chi connectivity index (χ2n) is 28.9. The molecule has 0 radical (unpaired) electrons. The summed E-state index contributed by atoms with van der Waals surface area (Å²) < 4.78 is 61.3. The first-order valence-corrected chi connectivity index (χ1v) is 47.1. The van der Waals surface area contributed by atoms with E-state index < -0.39 is 91.5 Å². The quantitative estimate of drug-likeness (QED) is 0.0146. The lowest BCUT2D eigenvalue weighted by molar-refractivity contribution is -0.161. The topological polar surface area (TPSA) is 231 Å². The largest absolute Gasteiger partial charge is 0.472 e. The lowest BCUT2D eigenvalue weighted by atomic mass is 10.0. The fraction of sp³-hybridized carbons (Fsp3) is 0.653. The van der Waals surface area contributed by atoms with Crippen LogP contribution in [0.25, 0.3) is 0 Å². The van der Waals surface area contributed by atoms with E-state index in [0.29, 0.717) is 25.7 Å². The molecule has 18 heteroatoms. The molecule has 4 N–H and O–H groups in total. The van der Waals surface area contributed by atoms with Gasteiger partial charge in [0.05, 0.1) is 26.4 Å². The fourth-order valence-electron chi connectivity index (χ4n) is 11.5. The Morgan fingerprint density at radius 2 is 0.469 bits per heavy atom. The van der Waals surface area contributed by atoms with Crippen LogP contribution in [0.1, 0.15) is 342 Å². The molecule has 5 atom stereocenters. The third kappa shape index (κ3) is 87.3.